The molecule has 0 fully saturated rings. The minimum absolute atomic E-state index is 0.288. The Bertz CT molecular complexity index is 141. The van der Waals surface area contributed by atoms with Crippen LogP contribution in [-0.2, 0) is 0 Å². The molecule has 0 unspecified atom stereocenters. The summed E-state index contributed by atoms with van der Waals surface area (Å²) in [6, 6.07) is 0. The maximum Gasteiger partial charge on any atom is 0.115 e. The smallest absolute Gasteiger partial charge is 0.115 e. The molecule has 0 radical (unpaired) electrons. The van der Waals surface area contributed by atoms with Crippen molar-refractivity contribution in [2.45, 2.75) is 13.8 Å². The molecule has 0 saturated heterocycles. The van der Waals surface area contributed by atoms with Gasteiger partial charge in [0.15, 0.2) is 0 Å². The summed E-state index contributed by atoms with van der Waals surface area (Å²) in [7, 11) is 0. The van der Waals surface area contributed by atoms with Gasteiger partial charge in [0.25, 0.3) is 0 Å². The number of rotatable bonds is 2. The van der Waals surface area contributed by atoms with Gasteiger partial charge in [0.05, 0.1) is 0 Å². The molecule has 0 saturated carbocycles. The van der Waals surface area contributed by atoms with Crippen molar-refractivity contribution in [1.82, 2.24) is 0 Å². The summed E-state index contributed by atoms with van der Waals surface area (Å²) >= 11 is 0. The molecular weight excluding hydrogens is 112 g/mol. The first-order valence-corrected chi connectivity index (χ1v) is 2.96. The van der Waals surface area contributed by atoms with Crippen LogP contribution in [0.4, 0.5) is 0 Å². The first-order chi connectivity index (χ1) is 4.31. The predicted molar refractivity (Wildman–Crippen MR) is 40.3 cm³/mol. The van der Waals surface area contributed by atoms with Crippen molar-refractivity contribution < 1.29 is 5.11 Å². The number of hydrogen-bond acceptors (Lipinski definition) is 1. The summed E-state index contributed by atoms with van der Waals surface area (Å²) in [6.07, 6.45) is 8.71. The summed E-state index contributed by atoms with van der Waals surface area (Å²) < 4.78 is 0. The molecule has 0 aliphatic carbocycles. The standard InChI is InChI=1S/C8H12O/c1-3-5-7-8(9)6-4-2/h3-7,9H,1-2H3/b5-3?,6-4-,8-7+. The summed E-state index contributed by atoms with van der Waals surface area (Å²) in [6.45, 7) is 3.76. The highest BCUT2D eigenvalue weighted by Crippen LogP contribution is 1.90. The fourth-order valence-electron chi connectivity index (χ4n) is 0.421. The van der Waals surface area contributed by atoms with Gasteiger partial charge in [0.2, 0.25) is 0 Å². The molecule has 1 N–H and O–H groups in total. The zero-order valence-electron chi connectivity index (χ0n) is 5.83. The quantitative estimate of drug-likeness (QED) is 0.443. The van der Waals surface area contributed by atoms with E-state index in [1.807, 2.05) is 19.9 Å². The van der Waals surface area contributed by atoms with E-state index >= 15 is 0 Å². The van der Waals surface area contributed by atoms with Crippen LogP contribution < -0.4 is 0 Å². The van der Waals surface area contributed by atoms with Crippen molar-refractivity contribution in [2.24, 2.45) is 0 Å². The second-order valence-electron chi connectivity index (χ2n) is 1.62. The molecule has 0 aromatic carbocycles. The molecule has 1 heteroatoms. The summed E-state index contributed by atoms with van der Waals surface area (Å²) in [4.78, 5) is 0. The van der Waals surface area contributed by atoms with Crippen molar-refractivity contribution in [3.63, 3.8) is 0 Å². The van der Waals surface area contributed by atoms with Crippen molar-refractivity contribution in [3.8, 4) is 0 Å². The Labute approximate surface area is 56.0 Å². The minimum atomic E-state index is 0.288. The minimum Gasteiger partial charge on any atom is -0.508 e. The van der Waals surface area contributed by atoms with E-state index in [0.717, 1.165) is 0 Å². The zero-order valence-corrected chi connectivity index (χ0v) is 5.83. The Morgan fingerprint density at radius 1 is 1.22 bits per heavy atom. The first kappa shape index (κ1) is 8.02. The van der Waals surface area contributed by atoms with Crippen molar-refractivity contribution in [2.75, 3.05) is 0 Å². The average Bonchev–Trinajstić information content (AvgIpc) is 1.85. The number of aliphatic hydroxyl groups is 1. The van der Waals surface area contributed by atoms with Gasteiger partial charge in [-0.05, 0) is 26.0 Å². The second-order valence-corrected chi connectivity index (χ2v) is 1.62. The van der Waals surface area contributed by atoms with Crippen molar-refractivity contribution in [3.05, 3.63) is 36.1 Å². The summed E-state index contributed by atoms with van der Waals surface area (Å²) in [5.74, 6) is 0.288. The van der Waals surface area contributed by atoms with Gasteiger partial charge in [0.1, 0.15) is 5.76 Å². The van der Waals surface area contributed by atoms with Gasteiger partial charge in [-0.15, -0.1) is 0 Å². The maximum atomic E-state index is 8.90. The van der Waals surface area contributed by atoms with Crippen LogP contribution in [0.5, 0.6) is 0 Å². The monoisotopic (exact) mass is 124 g/mol. The molecule has 9 heavy (non-hydrogen) atoms. The van der Waals surface area contributed by atoms with Crippen LogP contribution in [0.25, 0.3) is 0 Å². The Morgan fingerprint density at radius 3 is 2.33 bits per heavy atom. The van der Waals surface area contributed by atoms with Crippen LogP contribution in [0.15, 0.2) is 36.1 Å². The van der Waals surface area contributed by atoms with Gasteiger partial charge in [0, 0.05) is 0 Å². The Balaban J connectivity index is 3.84. The van der Waals surface area contributed by atoms with Crippen LogP contribution in [-0.4, -0.2) is 5.11 Å². The lowest BCUT2D eigenvalue weighted by atomic mass is 10.4. The Morgan fingerprint density at radius 2 is 1.89 bits per heavy atom. The third kappa shape index (κ3) is 4.88. The van der Waals surface area contributed by atoms with E-state index in [2.05, 4.69) is 0 Å². The molecule has 0 atom stereocenters. The SMILES string of the molecule is CC=C/C=C(O)\C=C/C. The van der Waals surface area contributed by atoms with Gasteiger partial charge < -0.3 is 5.11 Å². The fourth-order valence-corrected chi connectivity index (χ4v) is 0.421. The van der Waals surface area contributed by atoms with Gasteiger partial charge in [-0.2, -0.15) is 0 Å². The average molecular weight is 124 g/mol. The molecule has 0 heterocycles. The zero-order chi connectivity index (χ0) is 7.11. The Hall–Kier alpha value is -0.980. The van der Waals surface area contributed by atoms with E-state index in [-0.39, 0.29) is 5.76 Å². The van der Waals surface area contributed by atoms with Crippen LogP contribution in [0, 0.1) is 0 Å². The second kappa shape index (κ2) is 5.16. The summed E-state index contributed by atoms with van der Waals surface area (Å²) in [5, 5.41) is 8.90. The number of allylic oxidation sites excluding steroid dienone is 5. The van der Waals surface area contributed by atoms with Crippen LogP contribution in [0.2, 0.25) is 0 Å². The van der Waals surface area contributed by atoms with E-state index in [9.17, 15) is 0 Å². The Kier molecular flexibility index (Phi) is 4.60. The van der Waals surface area contributed by atoms with Crippen molar-refractivity contribution in [1.29, 1.82) is 0 Å². The van der Waals surface area contributed by atoms with Crippen molar-refractivity contribution >= 4 is 0 Å². The number of hydrogen-bond donors (Lipinski definition) is 1. The highest BCUT2D eigenvalue weighted by atomic mass is 16.3. The molecule has 0 aliphatic heterocycles. The van der Waals surface area contributed by atoms with E-state index in [0.29, 0.717) is 0 Å². The molecule has 0 spiro atoms. The topological polar surface area (TPSA) is 20.2 Å². The first-order valence-electron chi connectivity index (χ1n) is 2.96. The normalized spacial score (nSPS) is 13.8. The molecule has 0 aromatic rings. The molecule has 0 rings (SSSR count). The highest BCUT2D eigenvalue weighted by molar-refractivity contribution is 5.15. The summed E-state index contributed by atoms with van der Waals surface area (Å²) in [5.41, 5.74) is 0. The fraction of sp³-hybridized carbons (Fsp3) is 0.250. The maximum absolute atomic E-state index is 8.90. The molecule has 50 valence electrons. The van der Waals surface area contributed by atoms with Crippen LogP contribution >= 0.6 is 0 Å². The van der Waals surface area contributed by atoms with E-state index < -0.39 is 0 Å². The molecule has 0 amide bonds. The van der Waals surface area contributed by atoms with Gasteiger partial charge >= 0.3 is 0 Å². The molecular formula is C8H12O. The third-order valence-electron chi connectivity index (χ3n) is 0.797. The van der Waals surface area contributed by atoms with Crippen LogP contribution in [0.3, 0.4) is 0 Å². The third-order valence-corrected chi connectivity index (χ3v) is 0.797. The molecule has 0 aliphatic rings. The molecule has 0 bridgehead atoms. The van der Waals surface area contributed by atoms with E-state index in [1.54, 1.807) is 24.3 Å². The molecule has 0 aromatic heterocycles. The van der Waals surface area contributed by atoms with E-state index in [4.69, 9.17) is 5.11 Å². The van der Waals surface area contributed by atoms with Gasteiger partial charge in [-0.3, -0.25) is 0 Å². The lowest BCUT2D eigenvalue weighted by Crippen LogP contribution is -1.68. The number of aliphatic hydroxyl groups excluding tert-OH is 1. The van der Waals surface area contributed by atoms with Crippen LogP contribution in [0.1, 0.15) is 13.8 Å². The molecule has 1 nitrogen and oxygen atoms in total. The predicted octanol–water partition coefficient (Wildman–Crippen LogP) is 2.58. The largest absolute Gasteiger partial charge is 0.508 e. The lowest BCUT2D eigenvalue weighted by molar-refractivity contribution is 0.432. The van der Waals surface area contributed by atoms with Gasteiger partial charge in [-0.1, -0.05) is 18.2 Å². The highest BCUT2D eigenvalue weighted by Gasteiger charge is 1.75. The van der Waals surface area contributed by atoms with Gasteiger partial charge in [-0.25, -0.2) is 0 Å². The van der Waals surface area contributed by atoms with E-state index in [1.165, 1.54) is 0 Å². The lowest BCUT2D eigenvalue weighted by Gasteiger charge is -1.83.